The number of nitrogens with zero attached hydrogens (tertiary/aromatic N) is 1. The van der Waals surface area contributed by atoms with Gasteiger partial charge in [-0.15, -0.1) is 0 Å². The van der Waals surface area contributed by atoms with Gasteiger partial charge < -0.3 is 5.32 Å². The first-order valence-corrected chi connectivity index (χ1v) is 7.48. The van der Waals surface area contributed by atoms with Gasteiger partial charge in [-0.1, -0.05) is 20.3 Å². The highest BCUT2D eigenvalue weighted by Crippen LogP contribution is 2.37. The molecule has 1 aliphatic rings. The summed E-state index contributed by atoms with van der Waals surface area (Å²) in [6, 6.07) is 2.51. The highest BCUT2D eigenvalue weighted by Gasteiger charge is 2.41. The molecular formula is C13H24N2S. The van der Waals surface area contributed by atoms with Gasteiger partial charge in [0.1, 0.15) is 5.54 Å². The van der Waals surface area contributed by atoms with Crippen LogP contribution >= 0.6 is 11.8 Å². The van der Waals surface area contributed by atoms with Crippen LogP contribution < -0.4 is 5.32 Å². The number of nitriles is 1. The van der Waals surface area contributed by atoms with E-state index in [1.54, 1.807) is 0 Å². The minimum Gasteiger partial charge on any atom is -0.302 e. The summed E-state index contributed by atoms with van der Waals surface area (Å²) in [7, 11) is 1.93. The van der Waals surface area contributed by atoms with Crippen molar-refractivity contribution in [3.63, 3.8) is 0 Å². The molecule has 0 aromatic heterocycles. The Bertz CT molecular complexity index is 247. The second-order valence-electron chi connectivity index (χ2n) is 5.18. The molecule has 2 unspecified atom stereocenters. The Morgan fingerprint density at radius 3 is 2.88 bits per heavy atom. The monoisotopic (exact) mass is 240 g/mol. The van der Waals surface area contributed by atoms with E-state index in [1.807, 2.05) is 18.8 Å². The number of nitrogens with one attached hydrogen (secondary N) is 1. The van der Waals surface area contributed by atoms with Crippen LogP contribution in [0.25, 0.3) is 0 Å². The quantitative estimate of drug-likeness (QED) is 0.725. The molecule has 92 valence electrons. The largest absolute Gasteiger partial charge is 0.302 e. The zero-order valence-corrected chi connectivity index (χ0v) is 11.6. The van der Waals surface area contributed by atoms with Gasteiger partial charge in [0.2, 0.25) is 0 Å². The summed E-state index contributed by atoms with van der Waals surface area (Å²) in [4.78, 5) is 0. The average Bonchev–Trinajstić information content (AvgIpc) is 2.67. The van der Waals surface area contributed by atoms with Gasteiger partial charge in [0.25, 0.3) is 0 Å². The number of hydrogen-bond acceptors (Lipinski definition) is 3. The molecule has 0 radical (unpaired) electrons. The first kappa shape index (κ1) is 13.9. The Labute approximate surface area is 104 Å². The zero-order chi connectivity index (χ0) is 12.0. The first-order valence-electron chi connectivity index (χ1n) is 6.32. The molecule has 3 heteroatoms. The molecule has 1 rings (SSSR count). The van der Waals surface area contributed by atoms with Gasteiger partial charge in [0, 0.05) is 0 Å². The van der Waals surface area contributed by atoms with Crippen LogP contribution in [0, 0.1) is 23.2 Å². The van der Waals surface area contributed by atoms with E-state index in [0.29, 0.717) is 5.92 Å². The van der Waals surface area contributed by atoms with Crippen molar-refractivity contribution in [2.24, 2.45) is 11.8 Å². The lowest BCUT2D eigenvalue weighted by Gasteiger charge is -2.28. The van der Waals surface area contributed by atoms with Crippen LogP contribution in [0.1, 0.15) is 39.5 Å². The predicted molar refractivity (Wildman–Crippen MR) is 71.5 cm³/mol. The van der Waals surface area contributed by atoms with Gasteiger partial charge in [0.15, 0.2) is 0 Å². The van der Waals surface area contributed by atoms with E-state index in [1.165, 1.54) is 30.8 Å². The molecule has 1 fully saturated rings. The van der Waals surface area contributed by atoms with Crippen LogP contribution in [0.4, 0.5) is 0 Å². The van der Waals surface area contributed by atoms with Crippen molar-refractivity contribution in [1.82, 2.24) is 5.32 Å². The van der Waals surface area contributed by atoms with Crippen LogP contribution in [0.5, 0.6) is 0 Å². The topological polar surface area (TPSA) is 35.8 Å². The van der Waals surface area contributed by atoms with Gasteiger partial charge in [-0.2, -0.15) is 17.0 Å². The molecule has 0 saturated heterocycles. The summed E-state index contributed by atoms with van der Waals surface area (Å²) >= 11 is 2.03. The van der Waals surface area contributed by atoms with E-state index in [0.717, 1.165) is 12.3 Å². The molecule has 1 aliphatic carbocycles. The zero-order valence-electron chi connectivity index (χ0n) is 10.8. The molecule has 2 nitrogen and oxygen atoms in total. The molecule has 16 heavy (non-hydrogen) atoms. The third-order valence-corrected chi connectivity index (χ3v) is 4.95. The minimum absolute atomic E-state index is 0.224. The highest BCUT2D eigenvalue weighted by atomic mass is 32.2. The maximum atomic E-state index is 9.31. The number of rotatable bonds is 6. The van der Waals surface area contributed by atoms with Crippen LogP contribution in [0.3, 0.4) is 0 Å². The van der Waals surface area contributed by atoms with Gasteiger partial charge in [-0.3, -0.25) is 0 Å². The summed E-state index contributed by atoms with van der Waals surface area (Å²) in [5, 5.41) is 12.6. The van der Waals surface area contributed by atoms with Gasteiger partial charge in [-0.05, 0) is 49.7 Å². The fraction of sp³-hybridized carbons (Fsp3) is 0.923. The Hall–Kier alpha value is -0.200. The van der Waals surface area contributed by atoms with E-state index in [4.69, 9.17) is 0 Å². The maximum absolute atomic E-state index is 9.31. The standard InChI is InChI=1S/C13H24N2S/c1-11(2)9-16-8-6-12-5-4-7-13(12,10-14)15-3/h11-12,15H,4-9H2,1-3H3. The van der Waals surface area contributed by atoms with E-state index in [-0.39, 0.29) is 5.54 Å². The molecule has 0 aliphatic heterocycles. The second kappa shape index (κ2) is 6.51. The van der Waals surface area contributed by atoms with Crippen molar-refractivity contribution in [2.45, 2.75) is 45.1 Å². The van der Waals surface area contributed by atoms with Gasteiger partial charge in [-0.25, -0.2) is 0 Å². The molecular weight excluding hydrogens is 216 g/mol. The second-order valence-corrected chi connectivity index (χ2v) is 6.33. The lowest BCUT2D eigenvalue weighted by molar-refractivity contribution is 0.332. The Morgan fingerprint density at radius 1 is 1.56 bits per heavy atom. The van der Waals surface area contributed by atoms with Crippen LogP contribution in [-0.2, 0) is 0 Å². The predicted octanol–water partition coefficient (Wildman–Crippen LogP) is 3.05. The number of hydrogen-bond donors (Lipinski definition) is 1. The fourth-order valence-corrected chi connectivity index (χ4v) is 3.63. The maximum Gasteiger partial charge on any atom is 0.109 e. The van der Waals surface area contributed by atoms with Crippen LogP contribution in [0.15, 0.2) is 0 Å². The van der Waals surface area contributed by atoms with Gasteiger partial charge >= 0.3 is 0 Å². The molecule has 1 N–H and O–H groups in total. The van der Waals surface area contributed by atoms with Crippen molar-refractivity contribution >= 4 is 11.8 Å². The molecule has 2 atom stereocenters. The molecule has 1 saturated carbocycles. The van der Waals surface area contributed by atoms with E-state index >= 15 is 0 Å². The number of thioether (sulfide) groups is 1. The van der Waals surface area contributed by atoms with Crippen molar-refractivity contribution in [1.29, 1.82) is 5.26 Å². The SMILES string of the molecule is CNC1(C#N)CCCC1CCSCC(C)C. The Balaban J connectivity index is 2.33. The summed E-state index contributed by atoms with van der Waals surface area (Å²) in [6.45, 7) is 4.52. The van der Waals surface area contributed by atoms with Crippen molar-refractivity contribution in [3.05, 3.63) is 0 Å². The highest BCUT2D eigenvalue weighted by molar-refractivity contribution is 7.99. The lowest BCUT2D eigenvalue weighted by atomic mass is 9.87. The summed E-state index contributed by atoms with van der Waals surface area (Å²) in [5.41, 5.74) is -0.224. The third kappa shape index (κ3) is 3.40. The van der Waals surface area contributed by atoms with Crippen molar-refractivity contribution in [3.8, 4) is 6.07 Å². The van der Waals surface area contributed by atoms with Crippen LogP contribution in [0.2, 0.25) is 0 Å². The van der Waals surface area contributed by atoms with Crippen molar-refractivity contribution < 1.29 is 0 Å². The third-order valence-electron chi connectivity index (χ3n) is 3.53. The van der Waals surface area contributed by atoms with Crippen molar-refractivity contribution in [2.75, 3.05) is 18.6 Å². The molecule has 0 spiro atoms. The fourth-order valence-electron chi connectivity index (χ4n) is 2.55. The van der Waals surface area contributed by atoms with E-state index in [9.17, 15) is 5.26 Å². The summed E-state index contributed by atoms with van der Waals surface area (Å²) in [6.07, 6.45) is 4.63. The molecule has 0 bridgehead atoms. The van der Waals surface area contributed by atoms with Gasteiger partial charge in [0.05, 0.1) is 6.07 Å². The molecule has 0 aromatic carbocycles. The average molecular weight is 240 g/mol. The Morgan fingerprint density at radius 2 is 2.31 bits per heavy atom. The first-order chi connectivity index (χ1) is 7.64. The Kier molecular flexibility index (Phi) is 5.64. The van der Waals surface area contributed by atoms with Crippen LogP contribution in [-0.4, -0.2) is 24.1 Å². The summed E-state index contributed by atoms with van der Waals surface area (Å²) < 4.78 is 0. The summed E-state index contributed by atoms with van der Waals surface area (Å²) in [5.74, 6) is 3.78. The van der Waals surface area contributed by atoms with E-state index < -0.39 is 0 Å². The lowest BCUT2D eigenvalue weighted by Crippen LogP contribution is -2.44. The molecule has 0 heterocycles. The molecule has 0 aromatic rings. The van der Waals surface area contributed by atoms with E-state index in [2.05, 4.69) is 25.2 Å². The molecule has 0 amide bonds. The minimum atomic E-state index is -0.224. The smallest absolute Gasteiger partial charge is 0.109 e. The normalized spacial score (nSPS) is 29.6.